The van der Waals surface area contributed by atoms with Crippen LogP contribution in [0, 0.1) is 12.7 Å². The maximum Gasteiger partial charge on any atom is 0.257 e. The van der Waals surface area contributed by atoms with E-state index in [1.165, 1.54) is 11.8 Å². The van der Waals surface area contributed by atoms with Gasteiger partial charge < -0.3 is 25.0 Å². The SMILES string of the molecule is Cc1cc(NC=C2C(=O)Nc3cccc(F)c32)ccc1N1CCC2(CC1)OCCO2. The Balaban J connectivity index is 1.30. The fourth-order valence-electron chi connectivity index (χ4n) is 4.47. The number of ether oxygens (including phenoxy) is 2. The molecule has 3 aliphatic rings. The molecule has 2 saturated heterocycles. The lowest BCUT2D eigenvalue weighted by molar-refractivity contribution is -0.169. The van der Waals surface area contributed by atoms with Crippen molar-refractivity contribution in [2.24, 2.45) is 0 Å². The number of hydrogen-bond acceptors (Lipinski definition) is 5. The summed E-state index contributed by atoms with van der Waals surface area (Å²) >= 11 is 0. The molecule has 5 rings (SSSR count). The molecule has 30 heavy (non-hydrogen) atoms. The number of amides is 1. The van der Waals surface area contributed by atoms with E-state index in [1.807, 2.05) is 12.1 Å². The Morgan fingerprint density at radius 3 is 2.67 bits per heavy atom. The highest BCUT2D eigenvalue weighted by Crippen LogP contribution is 2.36. The van der Waals surface area contributed by atoms with E-state index in [0.717, 1.165) is 37.2 Å². The Morgan fingerprint density at radius 2 is 1.93 bits per heavy atom. The number of hydrogen-bond donors (Lipinski definition) is 2. The Morgan fingerprint density at radius 1 is 1.17 bits per heavy atom. The first-order valence-electron chi connectivity index (χ1n) is 10.3. The third kappa shape index (κ3) is 3.34. The first-order valence-corrected chi connectivity index (χ1v) is 10.3. The summed E-state index contributed by atoms with van der Waals surface area (Å²) in [5.41, 5.74) is 4.25. The van der Waals surface area contributed by atoms with Crippen LogP contribution in [0.25, 0.3) is 5.57 Å². The second kappa shape index (κ2) is 7.41. The van der Waals surface area contributed by atoms with E-state index in [0.29, 0.717) is 30.0 Å². The predicted octanol–water partition coefficient (Wildman–Crippen LogP) is 3.88. The normalized spacial score (nSPS) is 21.2. The second-order valence-corrected chi connectivity index (χ2v) is 7.91. The summed E-state index contributed by atoms with van der Waals surface area (Å²) in [5, 5.41) is 5.84. The lowest BCUT2D eigenvalue weighted by atomic mass is 10.0. The van der Waals surface area contributed by atoms with Gasteiger partial charge in [0, 0.05) is 49.1 Å². The van der Waals surface area contributed by atoms with Crippen LogP contribution in [0.3, 0.4) is 0 Å². The van der Waals surface area contributed by atoms with Crippen LogP contribution in [0.2, 0.25) is 0 Å². The largest absolute Gasteiger partial charge is 0.371 e. The lowest BCUT2D eigenvalue weighted by Crippen LogP contribution is -2.45. The minimum Gasteiger partial charge on any atom is -0.371 e. The van der Waals surface area contributed by atoms with Crippen LogP contribution < -0.4 is 15.5 Å². The van der Waals surface area contributed by atoms with Crippen LogP contribution in [0.1, 0.15) is 24.0 Å². The van der Waals surface area contributed by atoms with Gasteiger partial charge in [-0.1, -0.05) is 6.07 Å². The maximum absolute atomic E-state index is 14.2. The Kier molecular flexibility index (Phi) is 4.72. The zero-order chi connectivity index (χ0) is 20.7. The van der Waals surface area contributed by atoms with Crippen molar-refractivity contribution in [3.05, 3.63) is 59.5 Å². The van der Waals surface area contributed by atoms with Crippen molar-refractivity contribution in [3.63, 3.8) is 0 Å². The molecule has 2 fully saturated rings. The molecular formula is C23H24FN3O3. The van der Waals surface area contributed by atoms with Crippen molar-refractivity contribution >= 4 is 28.5 Å². The molecule has 0 aliphatic carbocycles. The van der Waals surface area contributed by atoms with Crippen LogP contribution in [0.15, 0.2) is 42.6 Å². The number of nitrogens with one attached hydrogen (secondary N) is 2. The molecule has 0 bridgehead atoms. The van der Waals surface area contributed by atoms with Gasteiger partial charge in [0.15, 0.2) is 5.79 Å². The molecular weight excluding hydrogens is 385 g/mol. The quantitative estimate of drug-likeness (QED) is 0.754. The van der Waals surface area contributed by atoms with Crippen LogP contribution >= 0.6 is 0 Å². The standard InChI is InChI=1S/C23H24FN3O3/c1-15-13-16(25-14-17-21-18(24)3-2-4-19(21)26-22(17)28)5-6-20(15)27-9-7-23(8-10-27)29-11-12-30-23/h2-6,13-14,25H,7-12H2,1H3,(H,26,28). The Labute approximate surface area is 174 Å². The van der Waals surface area contributed by atoms with Crippen molar-refractivity contribution < 1.29 is 18.7 Å². The number of benzene rings is 2. The van der Waals surface area contributed by atoms with Crippen LogP contribution in [-0.4, -0.2) is 38.0 Å². The highest BCUT2D eigenvalue weighted by molar-refractivity contribution is 6.31. The lowest BCUT2D eigenvalue weighted by Gasteiger charge is -2.39. The third-order valence-electron chi connectivity index (χ3n) is 6.04. The van der Waals surface area contributed by atoms with Crippen molar-refractivity contribution in [2.45, 2.75) is 25.6 Å². The molecule has 2 aromatic rings. The van der Waals surface area contributed by atoms with Gasteiger partial charge in [-0.2, -0.15) is 0 Å². The molecule has 0 saturated carbocycles. The van der Waals surface area contributed by atoms with Crippen molar-refractivity contribution in [1.82, 2.24) is 0 Å². The molecule has 3 aliphatic heterocycles. The number of fused-ring (bicyclic) bond motifs is 1. The molecule has 0 radical (unpaired) electrons. The molecule has 7 heteroatoms. The van der Waals surface area contributed by atoms with Gasteiger partial charge in [0.2, 0.25) is 0 Å². The van der Waals surface area contributed by atoms with Gasteiger partial charge in [0.25, 0.3) is 5.91 Å². The molecule has 1 spiro atoms. The predicted molar refractivity (Wildman–Crippen MR) is 114 cm³/mol. The summed E-state index contributed by atoms with van der Waals surface area (Å²) in [4.78, 5) is 14.6. The zero-order valence-electron chi connectivity index (χ0n) is 16.8. The average Bonchev–Trinajstić information content (AvgIpc) is 3.32. The minimum absolute atomic E-state index is 0.294. The van der Waals surface area contributed by atoms with Gasteiger partial charge >= 0.3 is 0 Å². The van der Waals surface area contributed by atoms with Gasteiger partial charge in [-0.05, 0) is 42.8 Å². The van der Waals surface area contributed by atoms with E-state index in [4.69, 9.17) is 9.47 Å². The number of halogens is 1. The Hall–Kier alpha value is -2.90. The number of rotatable bonds is 3. The van der Waals surface area contributed by atoms with E-state index < -0.39 is 5.82 Å². The van der Waals surface area contributed by atoms with E-state index in [2.05, 4.69) is 28.5 Å². The van der Waals surface area contributed by atoms with Gasteiger partial charge in [-0.15, -0.1) is 0 Å². The molecule has 6 nitrogen and oxygen atoms in total. The number of carbonyl (C=O) groups excluding carboxylic acids is 1. The van der Waals surface area contributed by atoms with E-state index in [1.54, 1.807) is 18.3 Å². The number of anilines is 3. The van der Waals surface area contributed by atoms with E-state index in [9.17, 15) is 9.18 Å². The molecule has 156 valence electrons. The summed E-state index contributed by atoms with van der Waals surface area (Å²) < 4.78 is 25.8. The van der Waals surface area contributed by atoms with Gasteiger partial charge in [-0.3, -0.25) is 4.79 Å². The second-order valence-electron chi connectivity index (χ2n) is 7.91. The molecule has 2 N–H and O–H groups in total. The van der Waals surface area contributed by atoms with E-state index in [-0.39, 0.29) is 11.7 Å². The number of piperidine rings is 1. The molecule has 3 heterocycles. The summed E-state index contributed by atoms with van der Waals surface area (Å²) in [6, 6.07) is 10.7. The first kappa shape index (κ1) is 19.1. The summed E-state index contributed by atoms with van der Waals surface area (Å²) in [6.45, 7) is 5.20. The third-order valence-corrected chi connectivity index (χ3v) is 6.04. The summed E-state index contributed by atoms with van der Waals surface area (Å²) in [7, 11) is 0. The average molecular weight is 409 g/mol. The highest BCUT2D eigenvalue weighted by atomic mass is 19.1. The smallest absolute Gasteiger partial charge is 0.257 e. The summed E-state index contributed by atoms with van der Waals surface area (Å²) in [6.07, 6.45) is 3.29. The topological polar surface area (TPSA) is 62.8 Å². The molecule has 2 aromatic carbocycles. The Bertz CT molecular complexity index is 1020. The fourth-order valence-corrected chi connectivity index (χ4v) is 4.47. The zero-order valence-corrected chi connectivity index (χ0v) is 16.8. The monoisotopic (exact) mass is 409 g/mol. The fraction of sp³-hybridized carbons (Fsp3) is 0.348. The maximum atomic E-state index is 14.2. The van der Waals surface area contributed by atoms with Crippen LogP contribution in [0.4, 0.5) is 21.5 Å². The molecule has 0 aromatic heterocycles. The van der Waals surface area contributed by atoms with E-state index >= 15 is 0 Å². The van der Waals surface area contributed by atoms with Gasteiger partial charge in [-0.25, -0.2) is 4.39 Å². The van der Waals surface area contributed by atoms with Crippen molar-refractivity contribution in [3.8, 4) is 0 Å². The number of carbonyl (C=O) groups is 1. The number of aryl methyl sites for hydroxylation is 1. The van der Waals surface area contributed by atoms with Crippen molar-refractivity contribution in [1.29, 1.82) is 0 Å². The van der Waals surface area contributed by atoms with Crippen LogP contribution in [-0.2, 0) is 14.3 Å². The van der Waals surface area contributed by atoms with Gasteiger partial charge in [0.05, 0.1) is 24.5 Å². The van der Waals surface area contributed by atoms with Gasteiger partial charge in [0.1, 0.15) is 5.82 Å². The molecule has 1 amide bonds. The molecule has 0 atom stereocenters. The highest BCUT2D eigenvalue weighted by Gasteiger charge is 2.40. The number of nitrogens with zero attached hydrogens (tertiary/aromatic N) is 1. The minimum atomic E-state index is -0.413. The summed E-state index contributed by atoms with van der Waals surface area (Å²) in [5.74, 6) is -1.11. The first-order chi connectivity index (χ1) is 14.5. The van der Waals surface area contributed by atoms with Crippen LogP contribution in [0.5, 0.6) is 0 Å². The molecule has 0 unspecified atom stereocenters. The van der Waals surface area contributed by atoms with Crippen molar-refractivity contribution in [2.75, 3.05) is 41.8 Å².